The van der Waals surface area contributed by atoms with Gasteiger partial charge >= 0.3 is 5.97 Å². The van der Waals surface area contributed by atoms with Crippen LogP contribution in [0.15, 0.2) is 18.2 Å². The SMILES string of the molecule is COC(=O)C(c1ccc(C)c(OC)c1)C1CC1. The molecule has 0 heterocycles. The van der Waals surface area contributed by atoms with Crippen LogP contribution in [0.3, 0.4) is 0 Å². The Morgan fingerprint density at radius 3 is 2.59 bits per heavy atom. The molecule has 0 spiro atoms. The van der Waals surface area contributed by atoms with E-state index in [1.54, 1.807) is 7.11 Å². The summed E-state index contributed by atoms with van der Waals surface area (Å²) in [7, 11) is 3.10. The van der Waals surface area contributed by atoms with Gasteiger partial charge in [0.2, 0.25) is 0 Å². The monoisotopic (exact) mass is 234 g/mol. The van der Waals surface area contributed by atoms with Gasteiger partial charge in [-0.1, -0.05) is 12.1 Å². The van der Waals surface area contributed by atoms with Crippen molar-refractivity contribution in [2.75, 3.05) is 14.2 Å². The lowest BCUT2D eigenvalue weighted by atomic mass is 9.93. The highest BCUT2D eigenvalue weighted by Crippen LogP contribution is 2.44. The average Bonchev–Trinajstić information content (AvgIpc) is 3.15. The summed E-state index contributed by atoms with van der Waals surface area (Å²) in [6, 6.07) is 5.94. The average molecular weight is 234 g/mol. The topological polar surface area (TPSA) is 35.5 Å². The summed E-state index contributed by atoms with van der Waals surface area (Å²) in [6.07, 6.45) is 2.21. The number of rotatable bonds is 4. The highest BCUT2D eigenvalue weighted by Gasteiger charge is 2.38. The number of carbonyl (C=O) groups is 1. The molecule has 3 nitrogen and oxygen atoms in total. The molecule has 2 rings (SSSR count). The third kappa shape index (κ3) is 2.43. The minimum absolute atomic E-state index is 0.130. The maximum absolute atomic E-state index is 11.8. The lowest BCUT2D eigenvalue weighted by Crippen LogP contribution is -2.16. The Labute approximate surface area is 102 Å². The van der Waals surface area contributed by atoms with Gasteiger partial charge in [-0.15, -0.1) is 0 Å². The molecule has 1 atom stereocenters. The summed E-state index contributed by atoms with van der Waals surface area (Å²) in [6.45, 7) is 1.99. The van der Waals surface area contributed by atoms with E-state index in [1.165, 1.54) is 7.11 Å². The Hall–Kier alpha value is -1.51. The third-order valence-electron chi connectivity index (χ3n) is 3.34. The van der Waals surface area contributed by atoms with E-state index >= 15 is 0 Å². The largest absolute Gasteiger partial charge is 0.496 e. The molecule has 1 fully saturated rings. The van der Waals surface area contributed by atoms with Crippen LogP contribution in [-0.4, -0.2) is 20.2 Å². The van der Waals surface area contributed by atoms with Crippen LogP contribution in [0.25, 0.3) is 0 Å². The standard InChI is InChI=1S/C14H18O3/c1-9-4-5-11(8-12(9)16-2)13(10-6-7-10)14(15)17-3/h4-5,8,10,13H,6-7H2,1-3H3. The van der Waals surface area contributed by atoms with Gasteiger partial charge in [-0.05, 0) is 42.9 Å². The molecule has 1 aromatic rings. The fourth-order valence-corrected chi connectivity index (χ4v) is 2.19. The van der Waals surface area contributed by atoms with Gasteiger partial charge in [-0.25, -0.2) is 0 Å². The van der Waals surface area contributed by atoms with Gasteiger partial charge in [-0.3, -0.25) is 4.79 Å². The van der Waals surface area contributed by atoms with Gasteiger partial charge in [-0.2, -0.15) is 0 Å². The predicted octanol–water partition coefficient (Wildman–Crippen LogP) is 2.67. The lowest BCUT2D eigenvalue weighted by Gasteiger charge is -2.16. The van der Waals surface area contributed by atoms with E-state index in [-0.39, 0.29) is 11.9 Å². The molecule has 0 saturated heterocycles. The van der Waals surface area contributed by atoms with Gasteiger partial charge in [0.05, 0.1) is 20.1 Å². The number of carbonyl (C=O) groups excluding carboxylic acids is 1. The third-order valence-corrected chi connectivity index (χ3v) is 3.34. The molecule has 1 unspecified atom stereocenters. The number of methoxy groups -OCH3 is 2. The molecule has 1 aliphatic carbocycles. The Morgan fingerprint density at radius 1 is 1.35 bits per heavy atom. The van der Waals surface area contributed by atoms with E-state index in [4.69, 9.17) is 9.47 Å². The summed E-state index contributed by atoms with van der Waals surface area (Å²) >= 11 is 0. The zero-order chi connectivity index (χ0) is 12.4. The Kier molecular flexibility index (Phi) is 3.36. The number of benzene rings is 1. The van der Waals surface area contributed by atoms with Crippen LogP contribution in [0.2, 0.25) is 0 Å². The summed E-state index contributed by atoms with van der Waals surface area (Å²) in [4.78, 5) is 11.8. The number of hydrogen-bond donors (Lipinski definition) is 0. The Bertz CT molecular complexity index is 421. The van der Waals surface area contributed by atoms with Gasteiger partial charge in [0.1, 0.15) is 5.75 Å². The first kappa shape index (κ1) is 12.0. The molecule has 92 valence electrons. The first-order valence-corrected chi connectivity index (χ1v) is 5.89. The van der Waals surface area contributed by atoms with Gasteiger partial charge < -0.3 is 9.47 Å². The van der Waals surface area contributed by atoms with E-state index in [2.05, 4.69) is 0 Å². The molecule has 1 aliphatic rings. The number of ether oxygens (including phenoxy) is 2. The zero-order valence-corrected chi connectivity index (χ0v) is 10.5. The van der Waals surface area contributed by atoms with Crippen molar-refractivity contribution in [2.24, 2.45) is 5.92 Å². The van der Waals surface area contributed by atoms with E-state index in [0.29, 0.717) is 5.92 Å². The number of aryl methyl sites for hydroxylation is 1. The summed E-state index contributed by atoms with van der Waals surface area (Å²) in [5.74, 6) is 1.000. The summed E-state index contributed by atoms with van der Waals surface area (Å²) in [5.41, 5.74) is 2.08. The Balaban J connectivity index is 2.32. The zero-order valence-electron chi connectivity index (χ0n) is 10.5. The predicted molar refractivity (Wildman–Crippen MR) is 65.2 cm³/mol. The van der Waals surface area contributed by atoms with Crippen LogP contribution in [0.1, 0.15) is 29.9 Å². The second-order valence-corrected chi connectivity index (χ2v) is 4.57. The van der Waals surface area contributed by atoms with Crippen molar-refractivity contribution < 1.29 is 14.3 Å². The quantitative estimate of drug-likeness (QED) is 0.751. The highest BCUT2D eigenvalue weighted by molar-refractivity contribution is 5.79. The molecule has 0 N–H and O–H groups in total. The molecular formula is C14H18O3. The van der Waals surface area contributed by atoms with Crippen LogP contribution in [0.4, 0.5) is 0 Å². The summed E-state index contributed by atoms with van der Waals surface area (Å²) in [5, 5.41) is 0. The molecule has 1 aromatic carbocycles. The van der Waals surface area contributed by atoms with E-state index in [0.717, 1.165) is 29.7 Å². The second-order valence-electron chi connectivity index (χ2n) is 4.57. The second kappa shape index (κ2) is 4.78. The molecule has 3 heteroatoms. The number of esters is 1. The van der Waals surface area contributed by atoms with Crippen molar-refractivity contribution in [3.05, 3.63) is 29.3 Å². The molecule has 1 saturated carbocycles. The van der Waals surface area contributed by atoms with Gasteiger partial charge in [0.25, 0.3) is 0 Å². The first-order valence-electron chi connectivity index (χ1n) is 5.89. The normalized spacial score (nSPS) is 16.4. The van der Waals surface area contributed by atoms with E-state index in [9.17, 15) is 4.79 Å². The molecular weight excluding hydrogens is 216 g/mol. The van der Waals surface area contributed by atoms with Crippen molar-refractivity contribution in [1.29, 1.82) is 0 Å². The minimum Gasteiger partial charge on any atom is -0.496 e. The Morgan fingerprint density at radius 2 is 2.06 bits per heavy atom. The fraction of sp³-hybridized carbons (Fsp3) is 0.500. The fourth-order valence-electron chi connectivity index (χ4n) is 2.19. The minimum atomic E-state index is -0.140. The maximum atomic E-state index is 11.8. The molecule has 0 amide bonds. The summed E-state index contributed by atoms with van der Waals surface area (Å²) < 4.78 is 10.2. The van der Waals surface area contributed by atoms with E-state index in [1.807, 2.05) is 25.1 Å². The smallest absolute Gasteiger partial charge is 0.313 e. The maximum Gasteiger partial charge on any atom is 0.313 e. The van der Waals surface area contributed by atoms with Crippen molar-refractivity contribution >= 4 is 5.97 Å². The molecule has 0 bridgehead atoms. The van der Waals surface area contributed by atoms with Crippen LogP contribution in [0, 0.1) is 12.8 Å². The van der Waals surface area contributed by atoms with E-state index < -0.39 is 0 Å². The van der Waals surface area contributed by atoms with Crippen LogP contribution in [0.5, 0.6) is 5.75 Å². The van der Waals surface area contributed by atoms with Crippen molar-refractivity contribution in [1.82, 2.24) is 0 Å². The van der Waals surface area contributed by atoms with Crippen molar-refractivity contribution in [2.45, 2.75) is 25.7 Å². The van der Waals surface area contributed by atoms with Crippen LogP contribution in [-0.2, 0) is 9.53 Å². The molecule has 17 heavy (non-hydrogen) atoms. The number of hydrogen-bond acceptors (Lipinski definition) is 3. The van der Waals surface area contributed by atoms with Crippen molar-refractivity contribution in [3.8, 4) is 5.75 Å². The van der Waals surface area contributed by atoms with Crippen LogP contribution >= 0.6 is 0 Å². The van der Waals surface area contributed by atoms with Crippen molar-refractivity contribution in [3.63, 3.8) is 0 Å². The lowest BCUT2D eigenvalue weighted by molar-refractivity contribution is -0.143. The first-order chi connectivity index (χ1) is 8.17. The highest BCUT2D eigenvalue weighted by atomic mass is 16.5. The van der Waals surface area contributed by atoms with Gasteiger partial charge in [0, 0.05) is 0 Å². The molecule has 0 aliphatic heterocycles. The molecule has 0 aromatic heterocycles. The van der Waals surface area contributed by atoms with Gasteiger partial charge in [0.15, 0.2) is 0 Å². The molecule has 0 radical (unpaired) electrons. The van der Waals surface area contributed by atoms with Crippen LogP contribution < -0.4 is 4.74 Å².